The largest absolute Gasteiger partial charge is 0.483 e. The lowest BCUT2D eigenvalue weighted by atomic mass is 10.1. The van der Waals surface area contributed by atoms with E-state index in [1.165, 1.54) is 0 Å². The van der Waals surface area contributed by atoms with Crippen molar-refractivity contribution in [2.24, 2.45) is 5.92 Å². The van der Waals surface area contributed by atoms with Gasteiger partial charge < -0.3 is 19.3 Å². The zero-order valence-electron chi connectivity index (χ0n) is 18.0. The van der Waals surface area contributed by atoms with Gasteiger partial charge in [0.15, 0.2) is 11.3 Å². The smallest absolute Gasteiger partial charge is 0.290 e. The molecule has 2 bridgehead atoms. The lowest BCUT2D eigenvalue weighted by Gasteiger charge is -2.31. The maximum absolute atomic E-state index is 13.3. The number of hydrogen-bond donors (Lipinski definition) is 1. The van der Waals surface area contributed by atoms with E-state index in [0.29, 0.717) is 37.6 Å². The molecule has 32 heavy (non-hydrogen) atoms. The topological polar surface area (TPSA) is 126 Å². The van der Waals surface area contributed by atoms with Gasteiger partial charge in [-0.15, -0.1) is 0 Å². The van der Waals surface area contributed by atoms with Crippen LogP contribution in [0.3, 0.4) is 0 Å². The van der Waals surface area contributed by atoms with Gasteiger partial charge in [0.2, 0.25) is 0 Å². The van der Waals surface area contributed by atoms with E-state index < -0.39 is 0 Å². The van der Waals surface area contributed by atoms with Crippen molar-refractivity contribution in [3.05, 3.63) is 47.2 Å². The van der Waals surface area contributed by atoms with Crippen LogP contribution in [-0.4, -0.2) is 85.9 Å². The van der Waals surface area contributed by atoms with E-state index in [0.717, 1.165) is 30.1 Å². The number of nitrogens with zero attached hydrogens (tertiary/aromatic N) is 6. The van der Waals surface area contributed by atoms with Crippen LogP contribution in [0.15, 0.2) is 29.0 Å². The molecule has 3 aromatic rings. The Hall–Kier alpha value is -3.31. The minimum Gasteiger partial charge on any atom is -0.483 e. The summed E-state index contributed by atoms with van der Waals surface area (Å²) in [4.78, 5) is 30.3. The molecule has 2 aliphatic rings. The molecule has 5 heterocycles. The number of carbonyl (C=O) groups excluding carboxylic acids is 1. The molecular formula is C21H26N6O5. The minimum absolute atomic E-state index is 0.0349. The van der Waals surface area contributed by atoms with E-state index in [-0.39, 0.29) is 24.3 Å². The van der Waals surface area contributed by atoms with Crippen molar-refractivity contribution in [3.63, 3.8) is 0 Å². The number of aromatic nitrogens is 4. The van der Waals surface area contributed by atoms with Crippen LogP contribution in [0.5, 0.6) is 0 Å². The summed E-state index contributed by atoms with van der Waals surface area (Å²) in [5, 5.41) is 15.3. The highest BCUT2D eigenvalue weighted by Crippen LogP contribution is 2.25. The predicted molar refractivity (Wildman–Crippen MR) is 112 cm³/mol. The highest BCUT2D eigenvalue weighted by atomic mass is 16.5. The lowest BCUT2D eigenvalue weighted by molar-refractivity contribution is -0.122. The van der Waals surface area contributed by atoms with Crippen LogP contribution < -0.4 is 0 Å². The normalized spacial score (nSPS) is 21.0. The average molecular weight is 442 g/mol. The maximum atomic E-state index is 13.3. The zero-order valence-corrected chi connectivity index (χ0v) is 18.0. The number of amides is 1. The molecule has 11 nitrogen and oxygen atoms in total. The van der Waals surface area contributed by atoms with E-state index in [9.17, 15) is 4.79 Å². The highest BCUT2D eigenvalue weighted by molar-refractivity contribution is 5.93. The van der Waals surface area contributed by atoms with Crippen LogP contribution in [0.25, 0.3) is 5.65 Å². The Balaban J connectivity index is 0.000000775. The molecule has 2 aliphatic heterocycles. The van der Waals surface area contributed by atoms with Crippen molar-refractivity contribution in [3.8, 4) is 0 Å². The van der Waals surface area contributed by atoms with Gasteiger partial charge in [0.25, 0.3) is 12.4 Å². The SMILES string of the molecule is Cc1noc(C)c1CN1C[C@H]2COC[C@@H]1CN(C(=O)c1cnc3cccnn13)C2.O=CO. The molecule has 170 valence electrons. The summed E-state index contributed by atoms with van der Waals surface area (Å²) in [6, 6.07) is 3.78. The van der Waals surface area contributed by atoms with Gasteiger partial charge in [0, 0.05) is 43.9 Å². The number of carboxylic acid groups (broad SMARTS) is 1. The molecule has 0 radical (unpaired) electrons. The second-order valence-corrected chi connectivity index (χ2v) is 8.04. The zero-order chi connectivity index (χ0) is 22.7. The van der Waals surface area contributed by atoms with E-state index >= 15 is 0 Å². The number of carbonyl (C=O) groups is 2. The Kier molecular flexibility index (Phi) is 6.47. The second kappa shape index (κ2) is 9.45. The van der Waals surface area contributed by atoms with Crippen molar-refractivity contribution >= 4 is 18.0 Å². The fraction of sp³-hybridized carbons (Fsp3) is 0.476. The summed E-state index contributed by atoms with van der Waals surface area (Å²) in [7, 11) is 0. The first kappa shape index (κ1) is 21.9. The first-order valence-electron chi connectivity index (χ1n) is 10.4. The van der Waals surface area contributed by atoms with Gasteiger partial charge >= 0.3 is 0 Å². The van der Waals surface area contributed by atoms with Gasteiger partial charge in [-0.2, -0.15) is 5.10 Å². The van der Waals surface area contributed by atoms with Crippen molar-refractivity contribution in [2.45, 2.75) is 26.4 Å². The molecule has 1 N–H and O–H groups in total. The molecule has 1 amide bonds. The Labute approximate surface area is 184 Å². The standard InChI is InChI=1S/C20H24N6O3.CH2O2/c1-13-17(14(2)29-23-13)10-24-7-15-8-25(9-16(24)12-28-11-15)20(27)18-6-21-19-4-3-5-22-26(18)19;2-1-3/h3-6,15-16H,7-12H2,1-2H3;1H,(H,2,3)/t15-,16+;/m1./s1. The predicted octanol–water partition coefficient (Wildman–Crippen LogP) is 1.01. The lowest BCUT2D eigenvalue weighted by Crippen LogP contribution is -2.46. The summed E-state index contributed by atoms with van der Waals surface area (Å²) >= 11 is 0. The third-order valence-electron chi connectivity index (χ3n) is 5.91. The van der Waals surface area contributed by atoms with Crippen LogP contribution in [0, 0.1) is 19.8 Å². The van der Waals surface area contributed by atoms with E-state index in [4.69, 9.17) is 19.2 Å². The van der Waals surface area contributed by atoms with Gasteiger partial charge in [0.1, 0.15) is 5.76 Å². The number of rotatable bonds is 3. The van der Waals surface area contributed by atoms with E-state index in [1.807, 2.05) is 30.9 Å². The monoisotopic (exact) mass is 442 g/mol. The number of aryl methyl sites for hydroxylation is 2. The average Bonchev–Trinajstić information content (AvgIpc) is 3.20. The molecular weight excluding hydrogens is 416 g/mol. The van der Waals surface area contributed by atoms with Gasteiger partial charge in [-0.05, 0) is 26.0 Å². The van der Waals surface area contributed by atoms with E-state index in [2.05, 4.69) is 20.1 Å². The number of imidazole rings is 1. The number of hydrogen-bond acceptors (Lipinski definition) is 8. The summed E-state index contributed by atoms with van der Waals surface area (Å²) in [5.74, 6) is 1.07. The Morgan fingerprint density at radius 3 is 2.84 bits per heavy atom. The maximum Gasteiger partial charge on any atom is 0.290 e. The summed E-state index contributed by atoms with van der Waals surface area (Å²) < 4.78 is 12.9. The van der Waals surface area contributed by atoms with E-state index in [1.54, 1.807) is 16.9 Å². The minimum atomic E-state index is -0.250. The van der Waals surface area contributed by atoms with Crippen molar-refractivity contribution in [2.75, 3.05) is 32.8 Å². The molecule has 2 atom stereocenters. The molecule has 3 aromatic heterocycles. The molecule has 0 spiro atoms. The van der Waals surface area contributed by atoms with Crippen molar-refractivity contribution in [1.82, 2.24) is 29.6 Å². The van der Waals surface area contributed by atoms with Crippen LogP contribution in [0.1, 0.15) is 27.5 Å². The molecule has 2 saturated heterocycles. The fourth-order valence-corrected chi connectivity index (χ4v) is 4.36. The molecule has 0 saturated carbocycles. The number of ether oxygens (including phenoxy) is 1. The van der Waals surface area contributed by atoms with Crippen molar-refractivity contribution in [1.29, 1.82) is 0 Å². The first-order chi connectivity index (χ1) is 15.5. The van der Waals surface area contributed by atoms with Crippen LogP contribution >= 0.6 is 0 Å². The van der Waals surface area contributed by atoms with Crippen LogP contribution in [0.2, 0.25) is 0 Å². The third-order valence-corrected chi connectivity index (χ3v) is 5.91. The van der Waals surface area contributed by atoms with Crippen LogP contribution in [0.4, 0.5) is 0 Å². The molecule has 0 unspecified atom stereocenters. The fourth-order valence-electron chi connectivity index (χ4n) is 4.36. The third kappa shape index (κ3) is 4.34. The highest BCUT2D eigenvalue weighted by Gasteiger charge is 2.36. The van der Waals surface area contributed by atoms with Gasteiger partial charge in [-0.1, -0.05) is 5.16 Å². The second-order valence-electron chi connectivity index (χ2n) is 8.04. The first-order valence-corrected chi connectivity index (χ1v) is 10.4. The van der Waals surface area contributed by atoms with Gasteiger partial charge in [0.05, 0.1) is 31.1 Å². The summed E-state index contributed by atoms with van der Waals surface area (Å²) in [6.07, 6.45) is 3.28. The van der Waals surface area contributed by atoms with Crippen LogP contribution in [-0.2, 0) is 16.1 Å². The quantitative estimate of drug-likeness (QED) is 0.591. The molecule has 0 aromatic carbocycles. The summed E-state index contributed by atoms with van der Waals surface area (Å²) in [5.41, 5.74) is 3.22. The molecule has 0 aliphatic carbocycles. The van der Waals surface area contributed by atoms with Gasteiger partial charge in [-0.25, -0.2) is 9.50 Å². The van der Waals surface area contributed by atoms with Crippen molar-refractivity contribution < 1.29 is 24.0 Å². The summed E-state index contributed by atoms with van der Waals surface area (Å²) in [6.45, 7) is 7.84. The van der Waals surface area contributed by atoms with Gasteiger partial charge in [-0.3, -0.25) is 14.5 Å². The molecule has 5 rings (SSSR count). The number of fused-ring (bicyclic) bond motifs is 4. The Bertz CT molecular complexity index is 1080. The molecule has 2 fully saturated rings. The Morgan fingerprint density at radius 2 is 2.09 bits per heavy atom. The Morgan fingerprint density at radius 1 is 1.28 bits per heavy atom. The molecule has 11 heteroatoms.